The van der Waals surface area contributed by atoms with Crippen LogP contribution in [0.3, 0.4) is 0 Å². The average molecular weight is 682 g/mol. The maximum atomic E-state index is 12.8. The van der Waals surface area contributed by atoms with E-state index in [1.807, 2.05) is 25.1 Å². The van der Waals surface area contributed by atoms with Gasteiger partial charge in [0.2, 0.25) is 0 Å². The lowest BCUT2D eigenvalue weighted by atomic mass is 9.78. The predicted octanol–water partition coefficient (Wildman–Crippen LogP) is 6.75. The summed E-state index contributed by atoms with van der Waals surface area (Å²) in [6, 6.07) is 6.44. The molecular formula is C40H56FN9. The number of nitrogens with two attached hydrogens (primary N) is 1. The predicted molar refractivity (Wildman–Crippen MR) is 200 cm³/mol. The molecule has 2 saturated heterocycles. The molecule has 3 unspecified atom stereocenters. The molecule has 3 aliphatic heterocycles. The second-order valence-electron chi connectivity index (χ2n) is 15.3. The van der Waals surface area contributed by atoms with Gasteiger partial charge in [0.15, 0.2) is 0 Å². The molecule has 4 aliphatic rings. The quantitative estimate of drug-likeness (QED) is 0.274. The number of nitriles is 1. The summed E-state index contributed by atoms with van der Waals surface area (Å²) in [4.78, 5) is 17.0. The highest BCUT2D eigenvalue weighted by atomic mass is 19.1. The first kappa shape index (κ1) is 35.8. The number of nitrogens with zero attached hydrogens (tertiary/aromatic N) is 8. The zero-order chi connectivity index (χ0) is 35.7. The summed E-state index contributed by atoms with van der Waals surface area (Å²) in [5, 5.41) is 15.0. The molecule has 0 radical (unpaired) electrons. The van der Waals surface area contributed by atoms with Gasteiger partial charge in [0.1, 0.15) is 29.6 Å². The Kier molecular flexibility index (Phi) is 10.5. The van der Waals surface area contributed by atoms with Gasteiger partial charge in [-0.1, -0.05) is 32.9 Å². The van der Waals surface area contributed by atoms with Crippen LogP contribution < -0.4 is 10.6 Å². The van der Waals surface area contributed by atoms with Gasteiger partial charge in [-0.05, 0) is 94.9 Å². The molecule has 0 spiro atoms. The largest absolute Gasteiger partial charge is 0.398 e. The van der Waals surface area contributed by atoms with Gasteiger partial charge >= 0.3 is 0 Å². The minimum atomic E-state index is -0.551. The summed E-state index contributed by atoms with van der Waals surface area (Å²) < 4.78 is 15.0. The van der Waals surface area contributed by atoms with Crippen molar-refractivity contribution in [1.29, 1.82) is 5.26 Å². The third-order valence-corrected chi connectivity index (χ3v) is 11.6. The van der Waals surface area contributed by atoms with Crippen molar-refractivity contribution in [3.05, 3.63) is 69.4 Å². The second kappa shape index (κ2) is 14.7. The fraction of sp³-hybridized carbons (Fsp3) is 0.600. The van der Waals surface area contributed by atoms with E-state index in [-0.39, 0.29) is 11.5 Å². The molecule has 0 bridgehead atoms. The van der Waals surface area contributed by atoms with E-state index in [0.29, 0.717) is 17.8 Å². The Labute approximate surface area is 298 Å². The van der Waals surface area contributed by atoms with E-state index in [4.69, 9.17) is 20.8 Å². The zero-order valence-corrected chi connectivity index (χ0v) is 31.2. The molecule has 1 aliphatic carbocycles. The van der Waals surface area contributed by atoms with Crippen LogP contribution in [-0.4, -0.2) is 75.0 Å². The Bertz CT molecular complexity index is 1770. The minimum Gasteiger partial charge on any atom is -0.398 e. The van der Waals surface area contributed by atoms with Gasteiger partial charge in [-0.2, -0.15) is 10.4 Å². The molecule has 10 heteroatoms. The van der Waals surface area contributed by atoms with E-state index < -0.39 is 6.17 Å². The SMILES string of the molecule is C=C(c1nn2c(c1C)CN(c1nc(CC)nc3c1CCC(c1c(CCC)ccc(N)c1C#N)C3)CCC2)N(C)C.CC12CCCN1CC(F)C2. The summed E-state index contributed by atoms with van der Waals surface area (Å²) in [6.07, 6.45) is 9.12. The van der Waals surface area contributed by atoms with E-state index in [1.165, 1.54) is 35.2 Å². The lowest BCUT2D eigenvalue weighted by molar-refractivity contribution is 0.217. The van der Waals surface area contributed by atoms with Crippen LogP contribution in [0.5, 0.6) is 0 Å². The van der Waals surface area contributed by atoms with Gasteiger partial charge in [0.25, 0.3) is 0 Å². The molecule has 9 nitrogen and oxygen atoms in total. The standard InChI is InChI=1S/C32H42N8.C8H14FN/c1-7-10-22-12-14-26(34)25(18-33)30(22)23-11-13-24-27(17-23)35-29(8-2)36-32(24)39-15-9-16-40-28(19-39)20(3)31(37-40)21(4)38(5)6;1-8-3-2-4-10(8)6-7(9)5-8/h12,14,23H,4,7-11,13,15-17,19,34H2,1-3,5-6H3;7H,2-6H2,1H3. The van der Waals surface area contributed by atoms with E-state index in [9.17, 15) is 9.65 Å². The number of halogens is 1. The van der Waals surface area contributed by atoms with E-state index in [2.05, 4.69) is 60.9 Å². The van der Waals surface area contributed by atoms with Crippen LogP contribution in [0.2, 0.25) is 0 Å². The first-order valence-corrected chi connectivity index (χ1v) is 18.7. The van der Waals surface area contributed by atoms with Gasteiger partial charge in [-0.25, -0.2) is 14.4 Å². The highest BCUT2D eigenvalue weighted by molar-refractivity contribution is 5.64. The van der Waals surface area contributed by atoms with Crippen LogP contribution >= 0.6 is 0 Å². The molecule has 2 aromatic heterocycles. The maximum Gasteiger partial charge on any atom is 0.136 e. The molecule has 0 saturated carbocycles. The molecule has 2 fully saturated rings. The Balaban J connectivity index is 0.000000367. The van der Waals surface area contributed by atoms with Gasteiger partial charge < -0.3 is 15.5 Å². The molecule has 2 N–H and O–H groups in total. The average Bonchev–Trinajstić information content (AvgIpc) is 3.63. The Morgan fingerprint density at radius 2 is 1.98 bits per heavy atom. The van der Waals surface area contributed by atoms with Crippen LogP contribution in [0.25, 0.3) is 5.70 Å². The van der Waals surface area contributed by atoms with Crippen LogP contribution in [0.1, 0.15) is 116 Å². The summed E-state index contributed by atoms with van der Waals surface area (Å²) >= 11 is 0. The molecule has 1 aromatic carbocycles. The van der Waals surface area contributed by atoms with E-state index in [1.54, 1.807) is 0 Å². The summed E-state index contributed by atoms with van der Waals surface area (Å²) in [6.45, 7) is 17.3. The summed E-state index contributed by atoms with van der Waals surface area (Å²) in [5.41, 5.74) is 16.9. The molecule has 5 heterocycles. The molecular weight excluding hydrogens is 626 g/mol. The lowest BCUT2D eigenvalue weighted by Gasteiger charge is -2.31. The molecule has 268 valence electrons. The smallest absolute Gasteiger partial charge is 0.136 e. The van der Waals surface area contributed by atoms with Crippen LogP contribution in [-0.2, 0) is 38.8 Å². The monoisotopic (exact) mass is 681 g/mol. The number of fused-ring (bicyclic) bond motifs is 3. The minimum absolute atomic E-state index is 0.229. The van der Waals surface area contributed by atoms with Gasteiger partial charge in [-0.15, -0.1) is 0 Å². The van der Waals surface area contributed by atoms with Crippen molar-refractivity contribution < 1.29 is 4.39 Å². The third kappa shape index (κ3) is 6.86. The molecule has 50 heavy (non-hydrogen) atoms. The van der Waals surface area contributed by atoms with Crippen molar-refractivity contribution in [3.63, 3.8) is 0 Å². The zero-order valence-electron chi connectivity index (χ0n) is 31.2. The molecule has 7 rings (SSSR count). The van der Waals surface area contributed by atoms with E-state index >= 15 is 0 Å². The molecule has 3 aromatic rings. The normalized spacial score (nSPS) is 22.9. The first-order valence-electron chi connectivity index (χ1n) is 18.7. The van der Waals surface area contributed by atoms with Crippen molar-refractivity contribution in [3.8, 4) is 6.07 Å². The Morgan fingerprint density at radius 1 is 1.18 bits per heavy atom. The van der Waals surface area contributed by atoms with Crippen molar-refractivity contribution in [2.75, 3.05) is 44.4 Å². The fourth-order valence-corrected chi connectivity index (χ4v) is 8.78. The number of hydrogen-bond donors (Lipinski definition) is 1. The van der Waals surface area contributed by atoms with Crippen molar-refractivity contribution in [2.24, 2.45) is 0 Å². The van der Waals surface area contributed by atoms with Crippen molar-refractivity contribution >= 4 is 17.2 Å². The number of anilines is 2. The summed E-state index contributed by atoms with van der Waals surface area (Å²) in [5.74, 6) is 2.18. The Morgan fingerprint density at radius 3 is 2.68 bits per heavy atom. The van der Waals surface area contributed by atoms with Crippen LogP contribution in [0.15, 0.2) is 18.7 Å². The number of benzene rings is 1. The number of aromatic nitrogens is 4. The third-order valence-electron chi connectivity index (χ3n) is 11.6. The van der Waals surface area contributed by atoms with Gasteiger partial charge in [-0.3, -0.25) is 9.58 Å². The van der Waals surface area contributed by atoms with Crippen LogP contribution in [0, 0.1) is 18.3 Å². The first-order chi connectivity index (χ1) is 24.0. The van der Waals surface area contributed by atoms with Crippen molar-refractivity contribution in [1.82, 2.24) is 29.5 Å². The maximum absolute atomic E-state index is 12.8. The van der Waals surface area contributed by atoms with E-state index in [0.717, 1.165) is 112 Å². The van der Waals surface area contributed by atoms with Crippen molar-refractivity contribution in [2.45, 2.75) is 123 Å². The number of rotatable bonds is 7. The highest BCUT2D eigenvalue weighted by Gasteiger charge is 2.44. The molecule has 0 amide bonds. The fourth-order valence-electron chi connectivity index (χ4n) is 8.78. The van der Waals surface area contributed by atoms with Crippen LogP contribution in [0.4, 0.5) is 15.9 Å². The lowest BCUT2D eigenvalue weighted by Crippen LogP contribution is -2.34. The number of hydrogen-bond acceptors (Lipinski definition) is 8. The van der Waals surface area contributed by atoms with Gasteiger partial charge in [0.05, 0.1) is 29.2 Å². The number of nitrogen functional groups attached to an aromatic ring is 1. The highest BCUT2D eigenvalue weighted by Crippen LogP contribution is 2.41. The topological polar surface area (TPSA) is 103 Å². The summed E-state index contributed by atoms with van der Waals surface area (Å²) in [7, 11) is 4.03. The second-order valence-corrected chi connectivity index (χ2v) is 15.3. The number of aryl methyl sites for hydroxylation is 3. The Hall–Kier alpha value is -3.97. The molecule has 3 atom stereocenters. The number of alkyl halides is 1. The van der Waals surface area contributed by atoms with Gasteiger partial charge in [0, 0.05) is 62.5 Å².